The van der Waals surface area contributed by atoms with E-state index in [2.05, 4.69) is 42.4 Å². The van der Waals surface area contributed by atoms with Gasteiger partial charge in [-0.1, -0.05) is 6.07 Å². The van der Waals surface area contributed by atoms with Crippen molar-refractivity contribution in [3.63, 3.8) is 0 Å². The molecular formula is C23H21N7O2. The molecule has 0 radical (unpaired) electrons. The SMILES string of the molecule is Oc1[nH]cc2cc(-c3cnc(Nc4ccc(N5CCOCC5)cc4)c4ncnn34)ccc12. The lowest BCUT2D eigenvalue weighted by atomic mass is 10.1. The van der Waals surface area contributed by atoms with E-state index in [1.54, 1.807) is 16.9 Å². The first-order valence-electron chi connectivity index (χ1n) is 10.5. The van der Waals surface area contributed by atoms with Crippen LogP contribution in [0.4, 0.5) is 17.2 Å². The minimum absolute atomic E-state index is 0.162. The number of hydrogen-bond donors (Lipinski definition) is 3. The molecule has 0 bridgehead atoms. The smallest absolute Gasteiger partial charge is 0.199 e. The third-order valence-electron chi connectivity index (χ3n) is 5.78. The highest BCUT2D eigenvalue weighted by Crippen LogP contribution is 2.30. The number of hydrogen-bond acceptors (Lipinski definition) is 7. The Morgan fingerprint density at radius 2 is 1.88 bits per heavy atom. The molecule has 2 aromatic carbocycles. The van der Waals surface area contributed by atoms with E-state index in [0.717, 1.165) is 54.0 Å². The van der Waals surface area contributed by atoms with E-state index in [9.17, 15) is 5.11 Å². The molecule has 1 fully saturated rings. The quantitative estimate of drug-likeness (QED) is 0.403. The maximum Gasteiger partial charge on any atom is 0.199 e. The minimum Gasteiger partial charge on any atom is -0.494 e. The van der Waals surface area contributed by atoms with Crippen LogP contribution in [-0.4, -0.2) is 56.0 Å². The van der Waals surface area contributed by atoms with Crippen molar-refractivity contribution in [3.8, 4) is 17.1 Å². The van der Waals surface area contributed by atoms with Gasteiger partial charge in [-0.3, -0.25) is 0 Å². The zero-order valence-corrected chi connectivity index (χ0v) is 17.2. The maximum absolute atomic E-state index is 9.87. The molecule has 32 heavy (non-hydrogen) atoms. The van der Waals surface area contributed by atoms with Gasteiger partial charge in [-0.05, 0) is 36.4 Å². The van der Waals surface area contributed by atoms with E-state index >= 15 is 0 Å². The summed E-state index contributed by atoms with van der Waals surface area (Å²) in [6.45, 7) is 3.34. The fraction of sp³-hybridized carbons (Fsp3) is 0.174. The Balaban J connectivity index is 1.30. The van der Waals surface area contributed by atoms with Crippen molar-refractivity contribution in [2.75, 3.05) is 36.5 Å². The van der Waals surface area contributed by atoms with Gasteiger partial charge < -0.3 is 25.0 Å². The lowest BCUT2D eigenvalue weighted by Gasteiger charge is -2.28. The van der Waals surface area contributed by atoms with Crippen molar-refractivity contribution < 1.29 is 9.84 Å². The molecule has 4 heterocycles. The normalized spacial score (nSPS) is 14.3. The number of benzene rings is 2. The molecule has 0 spiro atoms. The first-order chi connectivity index (χ1) is 15.8. The van der Waals surface area contributed by atoms with Gasteiger partial charge in [0.25, 0.3) is 0 Å². The number of nitrogens with one attached hydrogen (secondary N) is 2. The van der Waals surface area contributed by atoms with Gasteiger partial charge >= 0.3 is 0 Å². The number of nitrogens with zero attached hydrogens (tertiary/aromatic N) is 5. The van der Waals surface area contributed by atoms with E-state index in [4.69, 9.17) is 4.74 Å². The van der Waals surface area contributed by atoms with Crippen LogP contribution in [0.15, 0.2) is 61.2 Å². The summed E-state index contributed by atoms with van der Waals surface area (Å²) in [5.41, 5.74) is 4.49. The molecule has 0 saturated carbocycles. The predicted molar refractivity (Wildman–Crippen MR) is 122 cm³/mol. The van der Waals surface area contributed by atoms with Crippen molar-refractivity contribution in [2.24, 2.45) is 0 Å². The highest BCUT2D eigenvalue weighted by Gasteiger charge is 2.14. The highest BCUT2D eigenvalue weighted by molar-refractivity contribution is 5.91. The summed E-state index contributed by atoms with van der Waals surface area (Å²) >= 11 is 0. The Bertz CT molecular complexity index is 1400. The average molecular weight is 427 g/mol. The second kappa shape index (κ2) is 7.54. The molecule has 9 heteroatoms. The van der Waals surface area contributed by atoms with E-state index in [-0.39, 0.29) is 5.88 Å². The number of H-pyrrole nitrogens is 1. The van der Waals surface area contributed by atoms with Crippen LogP contribution in [0.3, 0.4) is 0 Å². The van der Waals surface area contributed by atoms with Crippen LogP contribution >= 0.6 is 0 Å². The summed E-state index contributed by atoms with van der Waals surface area (Å²) < 4.78 is 7.20. The summed E-state index contributed by atoms with van der Waals surface area (Å²) in [7, 11) is 0. The van der Waals surface area contributed by atoms with Crippen LogP contribution < -0.4 is 10.2 Å². The molecule has 3 N–H and O–H groups in total. The molecule has 0 aliphatic carbocycles. The van der Waals surface area contributed by atoms with Gasteiger partial charge in [0.1, 0.15) is 6.33 Å². The number of ether oxygens (including phenoxy) is 1. The molecule has 0 amide bonds. The van der Waals surface area contributed by atoms with Crippen molar-refractivity contribution in [3.05, 3.63) is 61.2 Å². The molecule has 1 aliphatic rings. The minimum atomic E-state index is 0.162. The summed E-state index contributed by atoms with van der Waals surface area (Å²) in [5, 5.41) is 19.3. The fourth-order valence-corrected chi connectivity index (χ4v) is 4.10. The zero-order valence-electron chi connectivity index (χ0n) is 17.2. The molecule has 0 atom stereocenters. The number of rotatable bonds is 4. The van der Waals surface area contributed by atoms with Crippen LogP contribution in [0.5, 0.6) is 5.88 Å². The Labute approximate surface area is 183 Å². The Kier molecular flexibility index (Phi) is 4.39. The van der Waals surface area contributed by atoms with Gasteiger partial charge in [0.2, 0.25) is 0 Å². The van der Waals surface area contributed by atoms with Gasteiger partial charge in [-0.15, -0.1) is 0 Å². The largest absolute Gasteiger partial charge is 0.494 e. The van der Waals surface area contributed by atoms with Gasteiger partial charge in [-0.25, -0.2) is 14.5 Å². The number of fused-ring (bicyclic) bond motifs is 2. The molecule has 160 valence electrons. The topological polar surface area (TPSA) is 104 Å². The molecule has 6 rings (SSSR count). The lowest BCUT2D eigenvalue weighted by Crippen LogP contribution is -2.36. The van der Waals surface area contributed by atoms with Crippen LogP contribution in [0.2, 0.25) is 0 Å². The van der Waals surface area contributed by atoms with Crippen molar-refractivity contribution in [1.29, 1.82) is 0 Å². The third-order valence-corrected chi connectivity index (χ3v) is 5.78. The van der Waals surface area contributed by atoms with E-state index in [1.165, 1.54) is 12.0 Å². The second-order valence-corrected chi connectivity index (χ2v) is 7.70. The molecule has 3 aromatic heterocycles. The van der Waals surface area contributed by atoms with Crippen LogP contribution in [0, 0.1) is 0 Å². The predicted octanol–water partition coefficient (Wildman–Crippen LogP) is 3.56. The van der Waals surface area contributed by atoms with Crippen LogP contribution in [0.1, 0.15) is 0 Å². The summed E-state index contributed by atoms with van der Waals surface area (Å²) in [4.78, 5) is 14.2. The average Bonchev–Trinajstić information content (AvgIpc) is 3.48. The summed E-state index contributed by atoms with van der Waals surface area (Å²) in [5.74, 6) is 0.792. The fourth-order valence-electron chi connectivity index (χ4n) is 4.10. The molecular weight excluding hydrogens is 406 g/mol. The number of morpholine rings is 1. The first-order valence-corrected chi connectivity index (χ1v) is 10.5. The Hall–Kier alpha value is -4.11. The van der Waals surface area contributed by atoms with E-state index < -0.39 is 0 Å². The molecule has 1 saturated heterocycles. The number of anilines is 3. The van der Waals surface area contributed by atoms with Crippen LogP contribution in [0.25, 0.3) is 27.7 Å². The van der Waals surface area contributed by atoms with Crippen molar-refractivity contribution in [2.45, 2.75) is 0 Å². The van der Waals surface area contributed by atoms with Crippen molar-refractivity contribution in [1.82, 2.24) is 24.6 Å². The van der Waals surface area contributed by atoms with Crippen LogP contribution in [-0.2, 0) is 4.74 Å². The Morgan fingerprint density at radius 3 is 2.72 bits per heavy atom. The van der Waals surface area contributed by atoms with Gasteiger partial charge in [0, 0.05) is 47.0 Å². The molecule has 1 aliphatic heterocycles. The van der Waals surface area contributed by atoms with E-state index in [0.29, 0.717) is 11.5 Å². The molecule has 0 unspecified atom stereocenters. The number of aromatic hydroxyl groups is 1. The summed E-state index contributed by atoms with van der Waals surface area (Å²) in [6.07, 6.45) is 5.07. The zero-order chi connectivity index (χ0) is 21.5. The van der Waals surface area contributed by atoms with Gasteiger partial charge in [0.15, 0.2) is 17.3 Å². The maximum atomic E-state index is 9.87. The lowest BCUT2D eigenvalue weighted by molar-refractivity contribution is 0.122. The molecule has 5 aromatic rings. The summed E-state index contributed by atoms with van der Waals surface area (Å²) in [6, 6.07) is 14.1. The van der Waals surface area contributed by atoms with E-state index in [1.807, 2.05) is 30.3 Å². The molecule has 9 nitrogen and oxygen atoms in total. The standard InChI is InChI=1S/C23H21N7O2/c31-23-19-6-1-15(11-16(19)12-25-23)20-13-24-21(22-26-14-27-30(20)22)28-17-2-4-18(5-3-17)29-7-9-32-10-8-29/h1-6,11-14,25,31H,7-10H2,(H,24,28). The first kappa shape index (κ1) is 18.6. The third kappa shape index (κ3) is 3.19. The Morgan fingerprint density at radius 1 is 1.03 bits per heavy atom. The monoisotopic (exact) mass is 427 g/mol. The van der Waals surface area contributed by atoms with Crippen molar-refractivity contribution >= 4 is 33.6 Å². The van der Waals surface area contributed by atoms with Gasteiger partial charge in [-0.2, -0.15) is 5.10 Å². The number of aromatic nitrogens is 5. The highest BCUT2D eigenvalue weighted by atomic mass is 16.5. The number of aromatic amines is 1. The second-order valence-electron chi connectivity index (χ2n) is 7.70. The van der Waals surface area contributed by atoms with Gasteiger partial charge in [0.05, 0.1) is 25.1 Å².